The zero-order valence-electron chi connectivity index (χ0n) is 12.8. The van der Waals surface area contributed by atoms with Gasteiger partial charge in [0.25, 0.3) is 0 Å². The number of nitrogens with zero attached hydrogens (tertiary/aromatic N) is 3. The molecule has 1 aliphatic rings. The summed E-state index contributed by atoms with van der Waals surface area (Å²) in [4.78, 5) is 6.66. The molecule has 2 atom stereocenters. The molecule has 3 rings (SSSR count). The number of hydrogen-bond acceptors (Lipinski definition) is 5. The van der Waals surface area contributed by atoms with E-state index in [-0.39, 0.29) is 18.0 Å². The molecule has 1 aromatic carbocycles. The Labute approximate surface area is 129 Å². The number of hydrogen-bond donors (Lipinski definition) is 0. The van der Waals surface area contributed by atoms with Gasteiger partial charge in [-0.2, -0.15) is 4.98 Å². The van der Waals surface area contributed by atoms with Crippen molar-refractivity contribution in [2.75, 3.05) is 19.7 Å². The minimum atomic E-state index is -0.234. The first-order valence-corrected chi connectivity index (χ1v) is 7.61. The smallest absolute Gasteiger partial charge is 0.243 e. The van der Waals surface area contributed by atoms with Crippen LogP contribution in [0.15, 0.2) is 28.8 Å². The Morgan fingerprint density at radius 1 is 1.36 bits per heavy atom. The van der Waals surface area contributed by atoms with Crippen molar-refractivity contribution in [1.29, 1.82) is 0 Å². The van der Waals surface area contributed by atoms with Crippen LogP contribution in [0.1, 0.15) is 43.3 Å². The molecule has 0 spiro atoms. The first kappa shape index (κ1) is 15.1. The van der Waals surface area contributed by atoms with Crippen LogP contribution in [0.3, 0.4) is 0 Å². The van der Waals surface area contributed by atoms with Gasteiger partial charge in [0.1, 0.15) is 5.82 Å². The highest BCUT2D eigenvalue weighted by molar-refractivity contribution is 5.19. The standard InChI is InChI=1S/C16H20FN3O2/c1-3-15-18-16(22-19-15)11(2)20-8-9-21-14(10-20)12-4-6-13(17)7-5-12/h4-7,11,14H,3,8-10H2,1-2H3/t11-,14+/m0/s1. The number of aryl methyl sites for hydroxylation is 1. The van der Waals surface area contributed by atoms with Gasteiger partial charge in [-0.25, -0.2) is 4.39 Å². The van der Waals surface area contributed by atoms with E-state index >= 15 is 0 Å². The van der Waals surface area contributed by atoms with Gasteiger partial charge in [0, 0.05) is 19.5 Å². The van der Waals surface area contributed by atoms with Crippen LogP contribution >= 0.6 is 0 Å². The second-order valence-electron chi connectivity index (χ2n) is 5.48. The lowest BCUT2D eigenvalue weighted by Crippen LogP contribution is -2.40. The molecule has 0 radical (unpaired) electrons. The van der Waals surface area contributed by atoms with E-state index in [0.29, 0.717) is 12.5 Å². The van der Waals surface area contributed by atoms with Crippen LogP contribution in [0.25, 0.3) is 0 Å². The molecule has 1 saturated heterocycles. The van der Waals surface area contributed by atoms with Crippen LogP contribution in [0.2, 0.25) is 0 Å². The molecular formula is C16H20FN3O2. The molecule has 0 saturated carbocycles. The van der Waals surface area contributed by atoms with Gasteiger partial charge in [-0.05, 0) is 24.6 Å². The summed E-state index contributed by atoms with van der Waals surface area (Å²) in [5.74, 6) is 1.13. The van der Waals surface area contributed by atoms with E-state index < -0.39 is 0 Å². The van der Waals surface area contributed by atoms with E-state index in [9.17, 15) is 4.39 Å². The molecule has 2 heterocycles. The minimum absolute atomic E-state index is 0.0413. The van der Waals surface area contributed by atoms with Crippen LogP contribution < -0.4 is 0 Å². The highest BCUT2D eigenvalue weighted by atomic mass is 19.1. The number of rotatable bonds is 4. The SMILES string of the molecule is CCc1noc([C@H](C)N2CCO[C@@H](c3ccc(F)cc3)C2)n1. The average Bonchev–Trinajstić information content (AvgIpc) is 3.04. The summed E-state index contributed by atoms with van der Waals surface area (Å²) in [5, 5.41) is 3.95. The Hall–Kier alpha value is -1.79. The van der Waals surface area contributed by atoms with Crippen LogP contribution in [0.4, 0.5) is 4.39 Å². The van der Waals surface area contributed by atoms with Gasteiger partial charge in [0.2, 0.25) is 5.89 Å². The van der Waals surface area contributed by atoms with Gasteiger partial charge >= 0.3 is 0 Å². The Bertz CT molecular complexity index is 614. The normalized spacial score (nSPS) is 21.0. The van der Waals surface area contributed by atoms with Crippen molar-refractivity contribution < 1.29 is 13.7 Å². The van der Waals surface area contributed by atoms with E-state index in [4.69, 9.17) is 9.26 Å². The summed E-state index contributed by atoms with van der Waals surface area (Å²) in [7, 11) is 0. The van der Waals surface area contributed by atoms with Crippen LogP contribution in [0.5, 0.6) is 0 Å². The van der Waals surface area contributed by atoms with Gasteiger partial charge in [-0.3, -0.25) is 4.90 Å². The van der Waals surface area contributed by atoms with Crippen molar-refractivity contribution in [1.82, 2.24) is 15.0 Å². The van der Waals surface area contributed by atoms with Gasteiger partial charge in [0.15, 0.2) is 5.82 Å². The lowest BCUT2D eigenvalue weighted by atomic mass is 10.1. The summed E-state index contributed by atoms with van der Waals surface area (Å²) in [5.41, 5.74) is 0.984. The second kappa shape index (κ2) is 6.54. The first-order valence-electron chi connectivity index (χ1n) is 7.61. The zero-order chi connectivity index (χ0) is 15.5. The van der Waals surface area contributed by atoms with Crippen molar-refractivity contribution in [3.63, 3.8) is 0 Å². The fourth-order valence-electron chi connectivity index (χ4n) is 2.64. The van der Waals surface area contributed by atoms with E-state index in [1.807, 2.05) is 6.92 Å². The number of ether oxygens (including phenoxy) is 1. The van der Waals surface area contributed by atoms with Crippen LogP contribution in [-0.2, 0) is 11.2 Å². The molecule has 5 nitrogen and oxygen atoms in total. The van der Waals surface area contributed by atoms with Crippen LogP contribution in [-0.4, -0.2) is 34.7 Å². The first-order chi connectivity index (χ1) is 10.7. The molecule has 1 aromatic heterocycles. The monoisotopic (exact) mass is 305 g/mol. The fraction of sp³-hybridized carbons (Fsp3) is 0.500. The highest BCUT2D eigenvalue weighted by Crippen LogP contribution is 2.28. The third-order valence-corrected chi connectivity index (χ3v) is 4.04. The molecule has 2 aromatic rings. The molecule has 118 valence electrons. The lowest BCUT2D eigenvalue weighted by Gasteiger charge is -2.35. The fourth-order valence-corrected chi connectivity index (χ4v) is 2.64. The summed E-state index contributed by atoms with van der Waals surface area (Å²) < 4.78 is 24.2. The maximum Gasteiger partial charge on any atom is 0.243 e. The average molecular weight is 305 g/mol. The molecule has 0 aliphatic carbocycles. The van der Waals surface area contributed by atoms with Crippen molar-refractivity contribution in [2.45, 2.75) is 32.4 Å². The molecule has 22 heavy (non-hydrogen) atoms. The largest absolute Gasteiger partial charge is 0.371 e. The summed E-state index contributed by atoms with van der Waals surface area (Å²) in [6.07, 6.45) is 0.697. The van der Waals surface area contributed by atoms with E-state index in [1.54, 1.807) is 12.1 Å². The minimum Gasteiger partial charge on any atom is -0.371 e. The summed E-state index contributed by atoms with van der Waals surface area (Å²) >= 11 is 0. The number of benzene rings is 1. The van der Waals surface area contributed by atoms with Gasteiger partial charge in [0.05, 0.1) is 18.8 Å². The van der Waals surface area contributed by atoms with Crippen molar-refractivity contribution in [2.24, 2.45) is 0 Å². The maximum atomic E-state index is 13.0. The molecule has 0 N–H and O–H groups in total. The quantitative estimate of drug-likeness (QED) is 0.869. The van der Waals surface area contributed by atoms with E-state index in [2.05, 4.69) is 22.0 Å². The molecule has 1 fully saturated rings. The molecule has 0 unspecified atom stereocenters. The third kappa shape index (κ3) is 3.18. The van der Waals surface area contributed by atoms with Crippen molar-refractivity contribution in [3.05, 3.63) is 47.4 Å². The molecule has 1 aliphatic heterocycles. The number of halogens is 1. The Balaban J connectivity index is 1.70. The Morgan fingerprint density at radius 3 is 2.82 bits per heavy atom. The Kier molecular flexibility index (Phi) is 4.49. The van der Waals surface area contributed by atoms with Crippen molar-refractivity contribution >= 4 is 0 Å². The van der Waals surface area contributed by atoms with Crippen LogP contribution in [0, 0.1) is 5.82 Å². The number of morpholine rings is 1. The van der Waals surface area contributed by atoms with Gasteiger partial charge < -0.3 is 9.26 Å². The molecule has 0 amide bonds. The third-order valence-electron chi connectivity index (χ3n) is 4.04. The summed E-state index contributed by atoms with van der Waals surface area (Å²) in [6, 6.07) is 6.52. The molecular weight excluding hydrogens is 285 g/mol. The number of aromatic nitrogens is 2. The van der Waals surface area contributed by atoms with E-state index in [1.165, 1.54) is 12.1 Å². The molecule has 6 heteroatoms. The predicted molar refractivity (Wildman–Crippen MR) is 78.8 cm³/mol. The highest BCUT2D eigenvalue weighted by Gasteiger charge is 2.28. The predicted octanol–water partition coefficient (Wildman–Crippen LogP) is 2.91. The zero-order valence-corrected chi connectivity index (χ0v) is 12.8. The topological polar surface area (TPSA) is 51.4 Å². The summed E-state index contributed by atoms with van der Waals surface area (Å²) in [6.45, 7) is 6.21. The lowest BCUT2D eigenvalue weighted by molar-refractivity contribution is -0.0469. The maximum absolute atomic E-state index is 13.0. The van der Waals surface area contributed by atoms with Crippen molar-refractivity contribution in [3.8, 4) is 0 Å². The van der Waals surface area contributed by atoms with Gasteiger partial charge in [-0.1, -0.05) is 24.2 Å². The second-order valence-corrected chi connectivity index (χ2v) is 5.48. The van der Waals surface area contributed by atoms with Gasteiger partial charge in [-0.15, -0.1) is 0 Å². The Morgan fingerprint density at radius 2 is 2.14 bits per heavy atom. The molecule has 0 bridgehead atoms. The van der Waals surface area contributed by atoms with E-state index in [0.717, 1.165) is 30.9 Å².